The molecule has 0 bridgehead atoms. The lowest BCUT2D eigenvalue weighted by molar-refractivity contribution is -0.113. The van der Waals surface area contributed by atoms with Gasteiger partial charge >= 0.3 is 0 Å². The van der Waals surface area contributed by atoms with Crippen LogP contribution in [0.25, 0.3) is 0 Å². The van der Waals surface area contributed by atoms with E-state index < -0.39 is 16.9 Å². The van der Waals surface area contributed by atoms with Crippen LogP contribution in [0.4, 0.5) is 0 Å². The average molecular weight is 210 g/mol. The van der Waals surface area contributed by atoms with Crippen LogP contribution in [-0.4, -0.2) is 27.0 Å². The molecule has 78 valence electrons. The van der Waals surface area contributed by atoms with E-state index in [4.69, 9.17) is 5.73 Å². The van der Waals surface area contributed by atoms with Crippen LogP contribution in [-0.2, 0) is 20.0 Å². The van der Waals surface area contributed by atoms with E-state index in [1.165, 1.54) is 0 Å². The van der Waals surface area contributed by atoms with Crippen LogP contribution in [0, 0.1) is 0 Å². The average Bonchev–Trinajstić information content (AvgIpc) is 2.02. The lowest BCUT2D eigenvalue weighted by atomic mass is 10.4. The van der Waals surface area contributed by atoms with Crippen LogP contribution < -0.4 is 11.5 Å². The maximum Gasteiger partial charge on any atom is 0.257 e. The third kappa shape index (κ3) is 24.7. The molecule has 0 aromatic rings. The largest absolute Gasteiger partial charge is 0.366 e. The predicted octanol–water partition coefficient (Wildman–Crippen LogP) is -1.47. The van der Waals surface area contributed by atoms with Crippen molar-refractivity contribution in [1.82, 2.24) is 0 Å². The van der Waals surface area contributed by atoms with Crippen LogP contribution in [0.15, 0.2) is 12.7 Å². The number of nitrogens with two attached hydrogens (primary N) is 2. The van der Waals surface area contributed by atoms with Crippen molar-refractivity contribution in [3.63, 3.8) is 0 Å². The molecule has 0 aromatic carbocycles. The Kier molecular flexibility index (Phi) is 10.3. The van der Waals surface area contributed by atoms with Gasteiger partial charge in [-0.2, -0.15) is 0 Å². The minimum atomic E-state index is -2.71. The summed E-state index contributed by atoms with van der Waals surface area (Å²) in [6, 6.07) is -0.220. The number of hydrogen-bond acceptors (Lipinski definition) is 5. The summed E-state index contributed by atoms with van der Waals surface area (Å²) < 4.78 is 23.5. The number of carbonyl (C=O) groups excluding carboxylic acids is 1. The van der Waals surface area contributed by atoms with Gasteiger partial charge in [0.1, 0.15) is 0 Å². The predicted molar refractivity (Wildman–Crippen MR) is 49.3 cm³/mol. The zero-order valence-corrected chi connectivity index (χ0v) is 8.20. The van der Waals surface area contributed by atoms with Crippen LogP contribution in [0.2, 0.25) is 0 Å². The van der Waals surface area contributed by atoms with E-state index in [2.05, 4.69) is 16.5 Å². The summed E-state index contributed by atoms with van der Waals surface area (Å²) in [6.45, 7) is 4.82. The van der Waals surface area contributed by atoms with Crippen LogP contribution in [0.3, 0.4) is 0 Å². The molecule has 1 unspecified atom stereocenters. The van der Waals surface area contributed by atoms with Crippen LogP contribution in [0.1, 0.15) is 6.92 Å². The van der Waals surface area contributed by atoms with Crippen molar-refractivity contribution in [2.24, 2.45) is 11.5 Å². The van der Waals surface area contributed by atoms with Crippen molar-refractivity contribution < 1.29 is 17.4 Å². The van der Waals surface area contributed by atoms with Crippen molar-refractivity contribution in [3.05, 3.63) is 12.7 Å². The maximum atomic E-state index is 9.66. The zero-order chi connectivity index (χ0) is 10.9. The number of rotatable bonds is 4. The van der Waals surface area contributed by atoms with E-state index in [0.717, 1.165) is 6.08 Å². The first-order valence-electron chi connectivity index (χ1n) is 3.35. The number of amides is 1. The first kappa shape index (κ1) is 14.6. The summed E-state index contributed by atoms with van der Waals surface area (Å²) >= 11 is 0. The Balaban J connectivity index is 0. The standard InChI is InChI=1S/C3H9NO3S.C3H5NO/c1-3(4)2-7-8(5)6;1-2-3(4)5/h3,8H,2,4H2,1H3;2H,1H2,(H2,4,5). The Morgan fingerprint density at radius 3 is 2.15 bits per heavy atom. The lowest BCUT2D eigenvalue weighted by Gasteiger charge is -1.97. The van der Waals surface area contributed by atoms with Gasteiger partial charge in [0.05, 0.1) is 6.61 Å². The fraction of sp³-hybridized carbons (Fsp3) is 0.500. The lowest BCUT2D eigenvalue weighted by Crippen LogP contribution is -2.21. The SMILES string of the molecule is C=CC(N)=O.CC(N)CO[SH](=O)=O. The second-order valence-corrected chi connectivity index (χ2v) is 2.81. The fourth-order valence-electron chi connectivity index (χ4n) is 0.178. The number of thiol groups is 1. The van der Waals surface area contributed by atoms with E-state index >= 15 is 0 Å². The topological polar surface area (TPSA) is 112 Å². The van der Waals surface area contributed by atoms with Crippen LogP contribution >= 0.6 is 0 Å². The highest BCUT2D eigenvalue weighted by molar-refractivity contribution is 7.67. The van der Waals surface area contributed by atoms with E-state index in [-0.39, 0.29) is 12.6 Å². The van der Waals surface area contributed by atoms with E-state index in [1.54, 1.807) is 6.92 Å². The Bertz CT molecular complexity index is 217. The van der Waals surface area contributed by atoms with Gasteiger partial charge in [0, 0.05) is 6.04 Å². The normalized spacial score (nSPS) is 11.3. The van der Waals surface area contributed by atoms with E-state index in [1.807, 2.05) is 0 Å². The van der Waals surface area contributed by atoms with Gasteiger partial charge in [-0.05, 0) is 13.0 Å². The third-order valence-corrected chi connectivity index (χ3v) is 1.00. The van der Waals surface area contributed by atoms with Gasteiger partial charge in [-0.1, -0.05) is 6.58 Å². The summed E-state index contributed by atoms with van der Waals surface area (Å²) in [4.78, 5) is 9.47. The summed E-state index contributed by atoms with van der Waals surface area (Å²) in [7, 11) is -2.71. The Morgan fingerprint density at radius 1 is 1.69 bits per heavy atom. The maximum absolute atomic E-state index is 9.66. The molecule has 0 aliphatic carbocycles. The number of carbonyl (C=O) groups is 1. The molecular formula is C6H14N2O4S. The van der Waals surface area contributed by atoms with Crippen LogP contribution in [0.5, 0.6) is 0 Å². The molecule has 13 heavy (non-hydrogen) atoms. The van der Waals surface area contributed by atoms with Gasteiger partial charge < -0.3 is 11.5 Å². The minimum Gasteiger partial charge on any atom is -0.366 e. The van der Waals surface area contributed by atoms with Crippen molar-refractivity contribution in [2.45, 2.75) is 13.0 Å². The quantitative estimate of drug-likeness (QED) is 0.387. The van der Waals surface area contributed by atoms with Gasteiger partial charge in [-0.3, -0.25) is 8.98 Å². The second-order valence-electron chi connectivity index (χ2n) is 2.10. The monoisotopic (exact) mass is 210 g/mol. The van der Waals surface area contributed by atoms with Gasteiger partial charge in [0.25, 0.3) is 11.0 Å². The van der Waals surface area contributed by atoms with Gasteiger partial charge in [-0.25, -0.2) is 8.42 Å². The molecule has 0 rings (SSSR count). The smallest absolute Gasteiger partial charge is 0.257 e. The Morgan fingerprint density at radius 2 is 2.08 bits per heavy atom. The van der Waals surface area contributed by atoms with Crippen molar-refractivity contribution in [1.29, 1.82) is 0 Å². The number of primary amides is 1. The zero-order valence-electron chi connectivity index (χ0n) is 7.30. The van der Waals surface area contributed by atoms with E-state index in [0.29, 0.717) is 0 Å². The molecule has 4 N–H and O–H groups in total. The Hall–Kier alpha value is -0.920. The highest BCUT2D eigenvalue weighted by Gasteiger charge is 1.91. The summed E-state index contributed by atoms with van der Waals surface area (Å²) in [5.74, 6) is -0.481. The summed E-state index contributed by atoms with van der Waals surface area (Å²) in [5, 5.41) is 0. The molecule has 0 fully saturated rings. The highest BCUT2D eigenvalue weighted by atomic mass is 32.2. The fourth-order valence-corrected chi connectivity index (χ4v) is 0.535. The first-order valence-corrected chi connectivity index (χ1v) is 4.44. The minimum absolute atomic E-state index is 0.0682. The molecule has 7 heteroatoms. The molecule has 0 radical (unpaired) electrons. The molecule has 0 saturated heterocycles. The summed E-state index contributed by atoms with van der Waals surface area (Å²) in [5.41, 5.74) is 9.68. The van der Waals surface area contributed by atoms with Gasteiger partial charge in [-0.15, -0.1) is 0 Å². The van der Waals surface area contributed by atoms with E-state index in [9.17, 15) is 13.2 Å². The van der Waals surface area contributed by atoms with Crippen molar-refractivity contribution in [2.75, 3.05) is 6.61 Å². The van der Waals surface area contributed by atoms with Crippen molar-refractivity contribution in [3.8, 4) is 0 Å². The van der Waals surface area contributed by atoms with Gasteiger partial charge in [0.15, 0.2) is 0 Å². The molecule has 0 aliphatic heterocycles. The third-order valence-electron chi connectivity index (χ3n) is 0.644. The molecule has 6 nitrogen and oxygen atoms in total. The molecule has 0 heterocycles. The van der Waals surface area contributed by atoms with Gasteiger partial charge in [0.2, 0.25) is 5.91 Å². The second kappa shape index (κ2) is 9.17. The molecule has 1 atom stereocenters. The molecule has 0 saturated carbocycles. The summed E-state index contributed by atoms with van der Waals surface area (Å²) in [6.07, 6.45) is 1.06. The molecule has 0 spiro atoms. The molecule has 1 amide bonds. The highest BCUT2D eigenvalue weighted by Crippen LogP contribution is 1.76. The first-order chi connectivity index (χ1) is 5.90. The molecule has 0 aromatic heterocycles. The molecular weight excluding hydrogens is 196 g/mol. The molecule has 0 aliphatic rings. The Labute approximate surface area is 78.7 Å². The number of hydrogen-bond donors (Lipinski definition) is 3. The van der Waals surface area contributed by atoms with Crippen molar-refractivity contribution >= 4 is 16.9 Å².